The Morgan fingerprint density at radius 1 is 1.40 bits per heavy atom. The van der Waals surface area contributed by atoms with Crippen LogP contribution in [0.4, 0.5) is 4.39 Å². The topological polar surface area (TPSA) is 59.9 Å². The van der Waals surface area contributed by atoms with Crippen molar-refractivity contribution in [2.45, 2.75) is 45.1 Å². The van der Waals surface area contributed by atoms with E-state index >= 15 is 0 Å². The maximum Gasteiger partial charge on any atom is 0.226 e. The Labute approximate surface area is 147 Å². The third kappa shape index (κ3) is 4.18. The molecule has 2 heterocycles. The van der Waals surface area contributed by atoms with Gasteiger partial charge >= 0.3 is 0 Å². The first kappa shape index (κ1) is 17.9. The van der Waals surface area contributed by atoms with E-state index in [1.54, 1.807) is 6.07 Å². The molecule has 1 fully saturated rings. The van der Waals surface area contributed by atoms with Crippen LogP contribution in [0.25, 0.3) is 0 Å². The largest absolute Gasteiger partial charge is 0.392 e. The van der Waals surface area contributed by atoms with Gasteiger partial charge in [-0.3, -0.25) is 4.79 Å². The lowest BCUT2D eigenvalue weighted by Gasteiger charge is -2.36. The number of carbonyl (C=O) groups excluding carboxylic acids is 1. The summed E-state index contributed by atoms with van der Waals surface area (Å²) in [4.78, 5) is 18.3. The molecule has 1 atom stereocenters. The van der Waals surface area contributed by atoms with E-state index in [1.165, 1.54) is 12.1 Å². The summed E-state index contributed by atoms with van der Waals surface area (Å²) < 4.78 is 18.9. The molecule has 0 aromatic heterocycles. The number of hydrogen-bond donors (Lipinski definition) is 1. The predicted molar refractivity (Wildman–Crippen MR) is 92.8 cm³/mol. The Morgan fingerprint density at radius 3 is 2.92 bits per heavy atom. The number of ether oxygens (including phenoxy) is 1. The van der Waals surface area contributed by atoms with Gasteiger partial charge < -0.3 is 14.9 Å². The van der Waals surface area contributed by atoms with E-state index in [-0.39, 0.29) is 17.8 Å². The smallest absolute Gasteiger partial charge is 0.226 e. The predicted octanol–water partition coefficient (Wildman–Crippen LogP) is 3.03. The fraction of sp³-hybridized carbons (Fsp3) is 0.579. The molecule has 1 N–H and O–H groups in total. The third-order valence-electron chi connectivity index (χ3n) is 4.98. The number of nitrogens with one attached hydrogen (secondary N) is 1. The summed E-state index contributed by atoms with van der Waals surface area (Å²) in [6.07, 6.45) is 3.32. The zero-order valence-corrected chi connectivity index (χ0v) is 14.6. The number of benzene rings is 1. The highest BCUT2D eigenvalue weighted by atomic mass is 19.1. The van der Waals surface area contributed by atoms with Gasteiger partial charge in [-0.1, -0.05) is 24.2 Å². The first-order valence-electron chi connectivity index (χ1n) is 8.98. The van der Waals surface area contributed by atoms with Crippen molar-refractivity contribution in [2.75, 3.05) is 19.8 Å². The fourth-order valence-corrected chi connectivity index (χ4v) is 3.52. The second kappa shape index (κ2) is 7.95. The highest BCUT2D eigenvalue weighted by Crippen LogP contribution is 2.38. The van der Waals surface area contributed by atoms with Gasteiger partial charge in [-0.05, 0) is 31.4 Å². The molecule has 5 nitrogen and oxygen atoms in total. The Kier molecular flexibility index (Phi) is 5.68. The average Bonchev–Trinajstić information content (AvgIpc) is 3.08. The van der Waals surface area contributed by atoms with Crippen molar-refractivity contribution in [3.8, 4) is 0 Å². The Morgan fingerprint density at radius 2 is 2.20 bits per heavy atom. The maximum atomic E-state index is 13.4. The Bertz CT molecular complexity index is 641. The van der Waals surface area contributed by atoms with Crippen LogP contribution >= 0.6 is 0 Å². The number of nitrogens with zero attached hydrogens (tertiary/aromatic N) is 1. The molecule has 136 valence electrons. The van der Waals surface area contributed by atoms with Gasteiger partial charge in [0.05, 0.1) is 11.1 Å². The second-order valence-electron chi connectivity index (χ2n) is 6.83. The molecule has 25 heavy (non-hydrogen) atoms. The standard InChI is InChI=1S/C19H25FN2O3/c1-2-8-21-18(23)19(6-9-24-10-7-19)13-16-12-17(22-25-16)14-4-3-5-15(20)11-14/h3-5,11,16H,2,6-10,12-13H2,1H3,(H,21,23). The number of carbonyl (C=O) groups is 1. The van der Waals surface area contributed by atoms with E-state index < -0.39 is 5.41 Å². The number of amides is 1. The molecule has 1 amide bonds. The van der Waals surface area contributed by atoms with Crippen LogP contribution in [0.3, 0.4) is 0 Å². The van der Waals surface area contributed by atoms with Gasteiger partial charge in [0.25, 0.3) is 0 Å². The van der Waals surface area contributed by atoms with Crippen molar-refractivity contribution in [1.82, 2.24) is 5.32 Å². The van der Waals surface area contributed by atoms with Crippen molar-refractivity contribution in [3.05, 3.63) is 35.6 Å². The molecule has 6 heteroatoms. The monoisotopic (exact) mass is 348 g/mol. The molecule has 1 saturated heterocycles. The molecular weight excluding hydrogens is 323 g/mol. The van der Waals surface area contributed by atoms with Gasteiger partial charge in [-0.25, -0.2) is 4.39 Å². The van der Waals surface area contributed by atoms with Crippen LogP contribution in [0.2, 0.25) is 0 Å². The molecule has 2 aliphatic rings. The third-order valence-corrected chi connectivity index (χ3v) is 4.98. The molecule has 0 saturated carbocycles. The first-order chi connectivity index (χ1) is 12.1. The van der Waals surface area contributed by atoms with Gasteiger partial charge in [0.2, 0.25) is 5.91 Å². The van der Waals surface area contributed by atoms with Gasteiger partial charge in [-0.15, -0.1) is 0 Å². The zero-order valence-electron chi connectivity index (χ0n) is 14.6. The quantitative estimate of drug-likeness (QED) is 0.860. The summed E-state index contributed by atoms with van der Waals surface area (Å²) in [5.41, 5.74) is 1.00. The van der Waals surface area contributed by atoms with Crippen molar-refractivity contribution < 1.29 is 18.8 Å². The van der Waals surface area contributed by atoms with E-state index in [0.29, 0.717) is 45.4 Å². The van der Waals surface area contributed by atoms with Crippen LogP contribution in [-0.2, 0) is 14.4 Å². The molecule has 0 bridgehead atoms. The summed E-state index contributed by atoms with van der Waals surface area (Å²) in [5.74, 6) is -0.205. The minimum Gasteiger partial charge on any atom is -0.392 e. The second-order valence-corrected chi connectivity index (χ2v) is 6.83. The normalized spacial score (nSPS) is 22.2. The van der Waals surface area contributed by atoms with Gasteiger partial charge in [0.1, 0.15) is 11.9 Å². The van der Waals surface area contributed by atoms with Gasteiger partial charge in [0, 0.05) is 38.2 Å². The fourth-order valence-electron chi connectivity index (χ4n) is 3.52. The van der Waals surface area contributed by atoms with Crippen molar-refractivity contribution in [1.29, 1.82) is 0 Å². The van der Waals surface area contributed by atoms with Gasteiger partial charge in [-0.2, -0.15) is 0 Å². The molecule has 1 aromatic carbocycles. The van der Waals surface area contributed by atoms with Crippen molar-refractivity contribution in [3.63, 3.8) is 0 Å². The molecule has 3 rings (SSSR count). The summed E-state index contributed by atoms with van der Waals surface area (Å²) in [6.45, 7) is 3.89. The molecule has 0 radical (unpaired) electrons. The lowest BCUT2D eigenvalue weighted by molar-refractivity contribution is -0.140. The summed E-state index contributed by atoms with van der Waals surface area (Å²) in [7, 11) is 0. The Balaban J connectivity index is 1.66. The van der Waals surface area contributed by atoms with Crippen LogP contribution in [0, 0.1) is 11.2 Å². The van der Waals surface area contributed by atoms with E-state index in [9.17, 15) is 9.18 Å². The molecule has 0 aliphatic carbocycles. The molecule has 1 unspecified atom stereocenters. The van der Waals surface area contributed by atoms with Crippen molar-refractivity contribution >= 4 is 11.6 Å². The minimum atomic E-state index is -0.467. The van der Waals surface area contributed by atoms with Crippen LogP contribution in [0.15, 0.2) is 29.4 Å². The van der Waals surface area contributed by atoms with E-state index in [1.807, 2.05) is 13.0 Å². The summed E-state index contributed by atoms with van der Waals surface area (Å²) >= 11 is 0. The lowest BCUT2D eigenvalue weighted by Crippen LogP contribution is -2.46. The number of rotatable bonds is 6. The van der Waals surface area contributed by atoms with Crippen molar-refractivity contribution in [2.24, 2.45) is 10.6 Å². The van der Waals surface area contributed by atoms with E-state index in [0.717, 1.165) is 17.7 Å². The number of halogens is 1. The lowest BCUT2D eigenvalue weighted by atomic mass is 9.74. The van der Waals surface area contributed by atoms with E-state index in [4.69, 9.17) is 9.57 Å². The molecular formula is C19H25FN2O3. The van der Waals surface area contributed by atoms with Crippen LogP contribution in [0.1, 0.15) is 44.6 Å². The molecule has 1 aromatic rings. The van der Waals surface area contributed by atoms with E-state index in [2.05, 4.69) is 10.5 Å². The maximum absolute atomic E-state index is 13.4. The highest BCUT2D eigenvalue weighted by Gasteiger charge is 2.43. The highest BCUT2D eigenvalue weighted by molar-refractivity contribution is 6.01. The SMILES string of the molecule is CCCNC(=O)C1(CC2CC(c3cccc(F)c3)=NO2)CCOCC1. The summed E-state index contributed by atoms with van der Waals surface area (Å²) in [5, 5.41) is 7.16. The van der Waals surface area contributed by atoms with Gasteiger partial charge in [0.15, 0.2) is 0 Å². The first-order valence-corrected chi connectivity index (χ1v) is 8.98. The Hall–Kier alpha value is -1.95. The van der Waals surface area contributed by atoms with Crippen LogP contribution in [0.5, 0.6) is 0 Å². The van der Waals surface area contributed by atoms with Crippen LogP contribution in [-0.4, -0.2) is 37.5 Å². The zero-order chi connectivity index (χ0) is 17.7. The average molecular weight is 348 g/mol. The molecule has 0 spiro atoms. The molecule has 2 aliphatic heterocycles. The summed E-state index contributed by atoms with van der Waals surface area (Å²) in [6, 6.07) is 6.36. The minimum absolute atomic E-state index is 0.0838. The number of hydrogen-bond acceptors (Lipinski definition) is 4. The number of oxime groups is 1. The van der Waals surface area contributed by atoms with Crippen LogP contribution < -0.4 is 5.32 Å².